The summed E-state index contributed by atoms with van der Waals surface area (Å²) in [6.07, 6.45) is 1.68. The van der Waals surface area contributed by atoms with Gasteiger partial charge in [0.15, 0.2) is 5.65 Å². The van der Waals surface area contributed by atoms with Crippen molar-refractivity contribution in [2.45, 2.75) is 0 Å². The summed E-state index contributed by atoms with van der Waals surface area (Å²) in [5.74, 6) is 0.832. The Morgan fingerprint density at radius 1 is 1.19 bits per heavy atom. The topological polar surface area (TPSA) is 46.3 Å². The Labute approximate surface area is 92.3 Å². The lowest BCUT2D eigenvalue weighted by Gasteiger charge is -2.13. The first-order valence-electron chi connectivity index (χ1n) is 5.03. The van der Waals surface area contributed by atoms with E-state index in [1.54, 1.807) is 6.33 Å². The second-order valence-corrected chi connectivity index (χ2v) is 3.85. The number of nitrogens with zero attached hydrogens (tertiary/aromatic N) is 5. The summed E-state index contributed by atoms with van der Waals surface area (Å²) >= 11 is 0. The van der Waals surface area contributed by atoms with Gasteiger partial charge >= 0.3 is 0 Å². The molecule has 3 aromatic rings. The highest BCUT2D eigenvalue weighted by Crippen LogP contribution is 2.20. The number of fused-ring (bicyclic) bond motifs is 3. The smallest absolute Gasteiger partial charge is 0.212 e. The maximum absolute atomic E-state index is 4.58. The van der Waals surface area contributed by atoms with E-state index in [9.17, 15) is 0 Å². The average Bonchev–Trinajstić information content (AvgIpc) is 2.76. The molecular weight excluding hydrogens is 202 g/mol. The third-order valence-corrected chi connectivity index (χ3v) is 2.53. The Kier molecular flexibility index (Phi) is 1.80. The van der Waals surface area contributed by atoms with Crippen LogP contribution in [0.3, 0.4) is 0 Å². The first-order chi connectivity index (χ1) is 7.77. The highest BCUT2D eigenvalue weighted by molar-refractivity contribution is 5.92. The van der Waals surface area contributed by atoms with Gasteiger partial charge in [-0.2, -0.15) is 0 Å². The van der Waals surface area contributed by atoms with Gasteiger partial charge in [0.05, 0.1) is 5.52 Å². The molecule has 0 N–H and O–H groups in total. The highest BCUT2D eigenvalue weighted by atomic mass is 15.3. The predicted molar refractivity (Wildman–Crippen MR) is 62.6 cm³/mol. The molecule has 16 heavy (non-hydrogen) atoms. The lowest BCUT2D eigenvalue weighted by Crippen LogP contribution is -2.14. The first-order valence-corrected chi connectivity index (χ1v) is 5.03. The van der Waals surface area contributed by atoms with Crippen molar-refractivity contribution >= 4 is 22.5 Å². The van der Waals surface area contributed by atoms with E-state index in [1.807, 2.05) is 47.7 Å². The zero-order chi connectivity index (χ0) is 11.1. The van der Waals surface area contributed by atoms with E-state index in [2.05, 4.69) is 15.2 Å². The molecule has 0 radical (unpaired) electrons. The molecule has 0 unspecified atom stereocenters. The minimum atomic E-state index is 0.832. The number of para-hydroxylation sites is 1. The van der Waals surface area contributed by atoms with Gasteiger partial charge < -0.3 is 4.90 Å². The molecule has 2 aromatic heterocycles. The number of aromatic nitrogens is 4. The SMILES string of the molecule is CN(C)c1nc2ccccc2c2nncn12. The van der Waals surface area contributed by atoms with Crippen molar-refractivity contribution in [3.63, 3.8) is 0 Å². The monoisotopic (exact) mass is 213 g/mol. The molecule has 1 aromatic carbocycles. The van der Waals surface area contributed by atoms with Crippen LogP contribution < -0.4 is 4.90 Å². The molecule has 0 saturated carbocycles. The van der Waals surface area contributed by atoms with Gasteiger partial charge in [-0.3, -0.25) is 4.40 Å². The highest BCUT2D eigenvalue weighted by Gasteiger charge is 2.10. The van der Waals surface area contributed by atoms with Crippen molar-refractivity contribution in [3.8, 4) is 0 Å². The van der Waals surface area contributed by atoms with Gasteiger partial charge in [0, 0.05) is 19.5 Å². The van der Waals surface area contributed by atoms with E-state index in [4.69, 9.17) is 0 Å². The summed E-state index contributed by atoms with van der Waals surface area (Å²) in [5, 5.41) is 9.10. The zero-order valence-electron chi connectivity index (χ0n) is 9.12. The zero-order valence-corrected chi connectivity index (χ0v) is 9.12. The first kappa shape index (κ1) is 9.08. The van der Waals surface area contributed by atoms with E-state index in [1.165, 1.54) is 0 Å². The number of benzene rings is 1. The van der Waals surface area contributed by atoms with Crippen LogP contribution in [0.4, 0.5) is 5.95 Å². The Balaban J connectivity index is 2.53. The fraction of sp³-hybridized carbons (Fsp3) is 0.182. The Morgan fingerprint density at radius 3 is 2.81 bits per heavy atom. The van der Waals surface area contributed by atoms with Crippen LogP contribution in [0.5, 0.6) is 0 Å². The number of hydrogen-bond donors (Lipinski definition) is 0. The number of hydrogen-bond acceptors (Lipinski definition) is 4. The lowest BCUT2D eigenvalue weighted by molar-refractivity contribution is 0.971. The standard InChI is InChI=1S/C11H11N5/c1-15(2)11-13-9-6-4-3-5-8(9)10-14-12-7-16(10)11/h3-7H,1-2H3. The summed E-state index contributed by atoms with van der Waals surface area (Å²) in [5.41, 5.74) is 1.78. The van der Waals surface area contributed by atoms with Gasteiger partial charge in [0.2, 0.25) is 5.95 Å². The van der Waals surface area contributed by atoms with Crippen molar-refractivity contribution in [1.82, 2.24) is 19.6 Å². The molecule has 3 rings (SSSR count). The van der Waals surface area contributed by atoms with Gasteiger partial charge in [0.25, 0.3) is 0 Å². The third-order valence-electron chi connectivity index (χ3n) is 2.53. The van der Waals surface area contributed by atoms with Crippen LogP contribution in [0.1, 0.15) is 0 Å². The average molecular weight is 213 g/mol. The molecule has 5 nitrogen and oxygen atoms in total. The fourth-order valence-electron chi connectivity index (χ4n) is 1.80. The van der Waals surface area contributed by atoms with E-state index >= 15 is 0 Å². The quantitative estimate of drug-likeness (QED) is 0.612. The van der Waals surface area contributed by atoms with Crippen LogP contribution in [0.15, 0.2) is 30.6 Å². The lowest BCUT2D eigenvalue weighted by atomic mass is 10.2. The molecule has 80 valence electrons. The maximum atomic E-state index is 4.58. The molecule has 0 fully saturated rings. The fourth-order valence-corrected chi connectivity index (χ4v) is 1.80. The Hall–Kier alpha value is -2.17. The van der Waals surface area contributed by atoms with Crippen LogP contribution in [0.25, 0.3) is 16.6 Å². The molecule has 0 amide bonds. The normalized spacial score (nSPS) is 11.1. The van der Waals surface area contributed by atoms with Gasteiger partial charge in [-0.1, -0.05) is 12.1 Å². The van der Waals surface area contributed by atoms with Crippen molar-refractivity contribution < 1.29 is 0 Å². The Morgan fingerprint density at radius 2 is 2.00 bits per heavy atom. The molecule has 0 aliphatic carbocycles. The summed E-state index contributed by atoms with van der Waals surface area (Å²) in [6, 6.07) is 7.94. The number of anilines is 1. The van der Waals surface area contributed by atoms with Gasteiger partial charge in [-0.25, -0.2) is 4.98 Å². The summed E-state index contributed by atoms with van der Waals surface area (Å²) in [7, 11) is 3.91. The van der Waals surface area contributed by atoms with Crippen LogP contribution in [-0.2, 0) is 0 Å². The second kappa shape index (κ2) is 3.16. The minimum Gasteiger partial charge on any atom is -0.348 e. The molecule has 0 bridgehead atoms. The van der Waals surface area contributed by atoms with Crippen molar-refractivity contribution in [3.05, 3.63) is 30.6 Å². The van der Waals surface area contributed by atoms with Crippen LogP contribution in [0, 0.1) is 0 Å². The van der Waals surface area contributed by atoms with E-state index in [0.717, 1.165) is 22.5 Å². The van der Waals surface area contributed by atoms with Crippen molar-refractivity contribution in [1.29, 1.82) is 0 Å². The molecule has 0 saturated heterocycles. The van der Waals surface area contributed by atoms with E-state index in [-0.39, 0.29) is 0 Å². The van der Waals surface area contributed by atoms with E-state index in [0.29, 0.717) is 0 Å². The molecule has 5 heteroatoms. The predicted octanol–water partition coefficient (Wildman–Crippen LogP) is 1.34. The summed E-state index contributed by atoms with van der Waals surface area (Å²) < 4.78 is 1.89. The molecule has 0 atom stereocenters. The molecule has 0 spiro atoms. The van der Waals surface area contributed by atoms with Crippen molar-refractivity contribution in [2.24, 2.45) is 0 Å². The molecule has 0 aliphatic rings. The van der Waals surface area contributed by atoms with Gasteiger partial charge in [-0.15, -0.1) is 10.2 Å². The minimum absolute atomic E-state index is 0.832. The van der Waals surface area contributed by atoms with Crippen LogP contribution >= 0.6 is 0 Å². The van der Waals surface area contributed by atoms with E-state index < -0.39 is 0 Å². The number of rotatable bonds is 1. The Bertz CT molecular complexity index is 656. The van der Waals surface area contributed by atoms with Gasteiger partial charge in [0.1, 0.15) is 6.33 Å². The van der Waals surface area contributed by atoms with Crippen molar-refractivity contribution in [2.75, 3.05) is 19.0 Å². The third kappa shape index (κ3) is 1.14. The molecule has 0 aliphatic heterocycles. The maximum Gasteiger partial charge on any atom is 0.212 e. The largest absolute Gasteiger partial charge is 0.348 e. The summed E-state index contributed by atoms with van der Waals surface area (Å²) in [4.78, 5) is 6.53. The molecule has 2 heterocycles. The van der Waals surface area contributed by atoms with Crippen LogP contribution in [-0.4, -0.2) is 33.7 Å². The second-order valence-electron chi connectivity index (χ2n) is 3.85. The van der Waals surface area contributed by atoms with Gasteiger partial charge in [-0.05, 0) is 12.1 Å². The molecular formula is C11H11N5. The van der Waals surface area contributed by atoms with Crippen LogP contribution in [0.2, 0.25) is 0 Å². The summed E-state index contributed by atoms with van der Waals surface area (Å²) in [6.45, 7) is 0.